The molecule has 0 aromatic heterocycles. The SMILES string of the molecule is CCCCCCCCOP(O)OC1C=C(C)C=CC1(CC1(C(C)(C)C)C=CC(C)=CC1O)C(C)(C)C. The van der Waals surface area contributed by atoms with Crippen molar-refractivity contribution in [3.8, 4) is 0 Å². The molecule has 0 heterocycles. The summed E-state index contributed by atoms with van der Waals surface area (Å²) in [5.74, 6) is 0. The molecule has 4 nitrogen and oxygen atoms in total. The van der Waals surface area contributed by atoms with Gasteiger partial charge in [-0.25, -0.2) is 0 Å². The summed E-state index contributed by atoms with van der Waals surface area (Å²) in [4.78, 5) is 10.8. The molecule has 5 unspecified atom stereocenters. The maximum Gasteiger partial charge on any atom is 0.330 e. The average molecular weight is 521 g/mol. The van der Waals surface area contributed by atoms with Crippen molar-refractivity contribution in [2.24, 2.45) is 21.7 Å². The number of aliphatic hydroxyl groups is 1. The Balaban J connectivity index is 2.29. The fraction of sp³-hybridized carbons (Fsp3) is 0.742. The first kappa shape index (κ1) is 31.4. The molecule has 0 spiro atoms. The van der Waals surface area contributed by atoms with Crippen LogP contribution in [0.15, 0.2) is 47.6 Å². The molecule has 2 aliphatic rings. The molecular formula is C31H53O4P. The van der Waals surface area contributed by atoms with Crippen LogP contribution in [0.2, 0.25) is 0 Å². The third kappa shape index (κ3) is 7.41. The Bertz CT molecular complexity index is 828. The van der Waals surface area contributed by atoms with Gasteiger partial charge in [-0.1, -0.05) is 128 Å². The lowest BCUT2D eigenvalue weighted by molar-refractivity contribution is -0.0765. The van der Waals surface area contributed by atoms with Gasteiger partial charge in [-0.15, -0.1) is 0 Å². The maximum absolute atomic E-state index is 11.5. The highest BCUT2D eigenvalue weighted by atomic mass is 31.2. The number of allylic oxidation sites excluding steroid dienone is 4. The van der Waals surface area contributed by atoms with Crippen molar-refractivity contribution in [2.45, 2.75) is 119 Å². The fourth-order valence-electron chi connectivity index (χ4n) is 5.63. The number of unbranched alkanes of at least 4 members (excludes halogenated alkanes) is 5. The van der Waals surface area contributed by atoms with Gasteiger partial charge in [0.2, 0.25) is 0 Å². The summed E-state index contributed by atoms with van der Waals surface area (Å²) in [6.07, 6.45) is 19.6. The lowest BCUT2D eigenvalue weighted by atomic mass is 9.49. The van der Waals surface area contributed by atoms with Crippen LogP contribution < -0.4 is 0 Å². The molecule has 5 atom stereocenters. The number of hydrogen-bond donors (Lipinski definition) is 2. The van der Waals surface area contributed by atoms with Gasteiger partial charge >= 0.3 is 8.60 Å². The van der Waals surface area contributed by atoms with E-state index in [0.717, 1.165) is 24.0 Å². The quantitative estimate of drug-likeness (QED) is 0.199. The fourth-order valence-corrected chi connectivity index (χ4v) is 6.42. The van der Waals surface area contributed by atoms with Crippen molar-refractivity contribution < 1.29 is 19.0 Å². The standard InChI is InChI=1S/C31H53O4P/c1-10-11-12-13-14-15-20-34-36(33)35-27-22-25(3)17-19-31(27,29(7,8)9)23-30(28(4,5)6)18-16-24(2)21-26(30)32/h16-19,21-22,26-27,32-33H,10-15,20,23H2,1-9H3. The first-order chi connectivity index (χ1) is 16.7. The van der Waals surface area contributed by atoms with E-state index in [1.54, 1.807) is 0 Å². The Labute approximate surface area is 222 Å². The molecule has 0 aromatic rings. The second kappa shape index (κ2) is 12.9. The number of hydrogen-bond acceptors (Lipinski definition) is 4. The van der Waals surface area contributed by atoms with E-state index >= 15 is 0 Å². The zero-order valence-electron chi connectivity index (χ0n) is 24.4. The highest BCUT2D eigenvalue weighted by molar-refractivity contribution is 7.40. The van der Waals surface area contributed by atoms with Crippen molar-refractivity contribution in [1.29, 1.82) is 0 Å². The van der Waals surface area contributed by atoms with Crippen LogP contribution in [-0.4, -0.2) is 28.8 Å². The van der Waals surface area contributed by atoms with Gasteiger partial charge in [-0.3, -0.25) is 0 Å². The second-order valence-corrected chi connectivity index (χ2v) is 14.0. The molecule has 5 heteroatoms. The summed E-state index contributed by atoms with van der Waals surface area (Å²) in [5, 5.41) is 11.5. The minimum absolute atomic E-state index is 0.203. The van der Waals surface area contributed by atoms with Crippen LogP contribution in [0.25, 0.3) is 0 Å². The van der Waals surface area contributed by atoms with Crippen molar-refractivity contribution in [3.63, 3.8) is 0 Å². The van der Waals surface area contributed by atoms with Crippen LogP contribution in [-0.2, 0) is 9.05 Å². The molecule has 206 valence electrons. The molecule has 0 fully saturated rings. The van der Waals surface area contributed by atoms with E-state index in [1.807, 2.05) is 13.0 Å². The van der Waals surface area contributed by atoms with E-state index in [4.69, 9.17) is 9.05 Å². The average Bonchev–Trinajstić information content (AvgIpc) is 2.75. The Morgan fingerprint density at radius 2 is 1.36 bits per heavy atom. The van der Waals surface area contributed by atoms with Crippen LogP contribution in [0.4, 0.5) is 0 Å². The van der Waals surface area contributed by atoms with Crippen molar-refractivity contribution in [3.05, 3.63) is 47.6 Å². The summed E-state index contributed by atoms with van der Waals surface area (Å²) in [6, 6.07) is 0. The van der Waals surface area contributed by atoms with Crippen molar-refractivity contribution >= 4 is 8.60 Å². The van der Waals surface area contributed by atoms with E-state index < -0.39 is 25.5 Å². The maximum atomic E-state index is 11.5. The first-order valence-electron chi connectivity index (χ1n) is 13.9. The van der Waals surface area contributed by atoms with Gasteiger partial charge in [0.25, 0.3) is 0 Å². The van der Waals surface area contributed by atoms with Crippen LogP contribution in [0.1, 0.15) is 107 Å². The summed E-state index contributed by atoms with van der Waals surface area (Å²) in [7, 11) is -2.01. The molecule has 0 amide bonds. The minimum Gasteiger partial charge on any atom is -0.388 e. The smallest absolute Gasteiger partial charge is 0.330 e. The van der Waals surface area contributed by atoms with Gasteiger partial charge in [-0.05, 0) is 37.5 Å². The molecule has 2 N–H and O–H groups in total. The van der Waals surface area contributed by atoms with Crippen LogP contribution >= 0.6 is 8.60 Å². The zero-order chi connectivity index (χ0) is 27.2. The van der Waals surface area contributed by atoms with E-state index in [0.29, 0.717) is 13.0 Å². The van der Waals surface area contributed by atoms with E-state index in [1.165, 1.54) is 25.7 Å². The highest BCUT2D eigenvalue weighted by Crippen LogP contribution is 2.61. The number of rotatable bonds is 12. The van der Waals surface area contributed by atoms with Crippen LogP contribution in [0.3, 0.4) is 0 Å². The molecule has 36 heavy (non-hydrogen) atoms. The lowest BCUT2D eigenvalue weighted by Gasteiger charge is -2.57. The third-order valence-corrected chi connectivity index (χ3v) is 9.25. The van der Waals surface area contributed by atoms with Gasteiger partial charge in [0.05, 0.1) is 18.8 Å². The van der Waals surface area contributed by atoms with Crippen molar-refractivity contribution in [1.82, 2.24) is 0 Å². The normalized spacial score (nSPS) is 29.8. The van der Waals surface area contributed by atoms with Crippen LogP contribution in [0.5, 0.6) is 0 Å². The second-order valence-electron chi connectivity index (χ2n) is 13.1. The van der Waals surface area contributed by atoms with Crippen molar-refractivity contribution in [2.75, 3.05) is 6.61 Å². The highest BCUT2D eigenvalue weighted by Gasteiger charge is 2.57. The number of aliphatic hydroxyl groups excluding tert-OH is 1. The van der Waals surface area contributed by atoms with Gasteiger partial charge in [0.15, 0.2) is 0 Å². The Morgan fingerprint density at radius 1 is 0.833 bits per heavy atom. The predicted octanol–water partition coefficient (Wildman–Crippen LogP) is 8.82. The minimum atomic E-state index is -2.01. The van der Waals surface area contributed by atoms with Crippen LogP contribution in [0, 0.1) is 21.7 Å². The Kier molecular flexibility index (Phi) is 11.2. The molecular weight excluding hydrogens is 467 g/mol. The topological polar surface area (TPSA) is 58.9 Å². The van der Waals surface area contributed by atoms with Gasteiger partial charge < -0.3 is 19.0 Å². The monoisotopic (exact) mass is 520 g/mol. The van der Waals surface area contributed by atoms with E-state index in [9.17, 15) is 10.00 Å². The lowest BCUT2D eigenvalue weighted by Crippen LogP contribution is -2.55. The molecule has 0 saturated carbocycles. The molecule has 0 saturated heterocycles. The molecule has 2 rings (SSSR count). The van der Waals surface area contributed by atoms with Gasteiger partial charge in [-0.2, -0.15) is 0 Å². The summed E-state index contributed by atoms with van der Waals surface area (Å²) in [6.45, 7) is 20.1. The summed E-state index contributed by atoms with van der Waals surface area (Å²) < 4.78 is 12.1. The van der Waals surface area contributed by atoms with E-state index in [-0.39, 0.29) is 16.9 Å². The third-order valence-electron chi connectivity index (χ3n) is 8.44. The first-order valence-corrected chi connectivity index (χ1v) is 15.0. The Morgan fingerprint density at radius 3 is 1.92 bits per heavy atom. The van der Waals surface area contributed by atoms with Gasteiger partial charge in [0.1, 0.15) is 0 Å². The summed E-state index contributed by atoms with van der Waals surface area (Å²) >= 11 is 0. The van der Waals surface area contributed by atoms with Gasteiger partial charge in [0, 0.05) is 10.8 Å². The Hall–Kier alpha value is -0.770. The molecule has 2 aliphatic carbocycles. The zero-order valence-corrected chi connectivity index (χ0v) is 25.3. The summed E-state index contributed by atoms with van der Waals surface area (Å²) in [5.41, 5.74) is 0.823. The molecule has 0 radical (unpaired) electrons. The van der Waals surface area contributed by atoms with E-state index in [2.05, 4.69) is 85.8 Å². The molecule has 0 bridgehead atoms. The predicted molar refractivity (Wildman–Crippen MR) is 154 cm³/mol. The largest absolute Gasteiger partial charge is 0.388 e. The molecule has 0 aromatic carbocycles. The molecule has 0 aliphatic heterocycles.